The topological polar surface area (TPSA) is 98.6 Å². The largest absolute Gasteiger partial charge is 0.417 e. The van der Waals surface area contributed by atoms with Gasteiger partial charge in [0, 0.05) is 19.6 Å². The predicted molar refractivity (Wildman–Crippen MR) is 110 cm³/mol. The highest BCUT2D eigenvalue weighted by Gasteiger charge is 2.26. The molecule has 3 N–H and O–H groups in total. The summed E-state index contributed by atoms with van der Waals surface area (Å²) in [7, 11) is 0. The van der Waals surface area contributed by atoms with Crippen LogP contribution in [0.25, 0.3) is 11.1 Å². The van der Waals surface area contributed by atoms with Crippen LogP contribution < -0.4 is 11.1 Å². The van der Waals surface area contributed by atoms with Crippen molar-refractivity contribution in [1.82, 2.24) is 15.2 Å². The Morgan fingerprint density at radius 3 is 2.79 bits per heavy atom. The molecule has 1 saturated heterocycles. The summed E-state index contributed by atoms with van der Waals surface area (Å²) in [5.74, 6) is -0.997. The van der Waals surface area contributed by atoms with Crippen LogP contribution in [0.5, 0.6) is 0 Å². The lowest BCUT2D eigenvalue weighted by atomic mass is 9.98. The number of nitrogens with one attached hydrogen (secondary N) is 2. The number of nitrogens with zero attached hydrogens (tertiary/aromatic N) is 1. The van der Waals surface area contributed by atoms with Crippen LogP contribution in [-0.4, -0.2) is 46.6 Å². The molecular formula is C22H25N3O4. The molecule has 2 unspecified atom stereocenters. The monoisotopic (exact) mass is 395 g/mol. The number of H-pyrrole nitrogens is 1. The van der Waals surface area contributed by atoms with Crippen molar-refractivity contribution >= 4 is 17.0 Å². The maximum absolute atomic E-state index is 13.0. The van der Waals surface area contributed by atoms with Gasteiger partial charge >= 0.3 is 5.76 Å². The molecule has 1 aliphatic heterocycles. The smallest absolute Gasteiger partial charge is 0.408 e. The molecular weight excluding hydrogens is 370 g/mol. The summed E-state index contributed by atoms with van der Waals surface area (Å²) < 4.78 is 5.03. The molecule has 3 atom stereocenters. The summed E-state index contributed by atoms with van der Waals surface area (Å²) in [6.45, 7) is 3.93. The van der Waals surface area contributed by atoms with E-state index in [1.807, 2.05) is 37.3 Å². The third kappa shape index (κ3) is 4.41. The van der Waals surface area contributed by atoms with E-state index in [1.54, 1.807) is 18.2 Å². The lowest BCUT2D eigenvalue weighted by Crippen LogP contribution is -2.39. The number of β-amino-alcohol motifs (C(OH)–C–C–N with tert-alkyl or cyclic N) is 1. The van der Waals surface area contributed by atoms with Gasteiger partial charge in [-0.25, -0.2) is 4.79 Å². The fraction of sp³-hybridized carbons (Fsp3) is 0.364. The first-order valence-corrected chi connectivity index (χ1v) is 9.88. The third-order valence-corrected chi connectivity index (χ3v) is 5.54. The van der Waals surface area contributed by atoms with Crippen LogP contribution in [0.1, 0.15) is 36.4 Å². The number of hydrogen-bond acceptors (Lipinski definition) is 5. The van der Waals surface area contributed by atoms with Crippen molar-refractivity contribution in [1.29, 1.82) is 0 Å². The fourth-order valence-electron chi connectivity index (χ4n) is 3.84. The van der Waals surface area contributed by atoms with Crippen LogP contribution in [0.3, 0.4) is 0 Å². The van der Waals surface area contributed by atoms with Crippen LogP contribution in [-0.2, 0) is 4.79 Å². The summed E-state index contributed by atoms with van der Waals surface area (Å²) in [5, 5.41) is 13.0. The zero-order valence-corrected chi connectivity index (χ0v) is 16.3. The SMILES string of the molecule is CC(C(=O)N[C@H](CN1CCC(O)C1)c1ccccc1)c1ccc2oc(=O)[nH]c2c1. The molecule has 0 saturated carbocycles. The molecule has 1 fully saturated rings. The van der Waals surface area contributed by atoms with Crippen molar-refractivity contribution in [2.75, 3.05) is 19.6 Å². The Morgan fingerprint density at radius 1 is 1.28 bits per heavy atom. The summed E-state index contributed by atoms with van der Waals surface area (Å²) in [6.07, 6.45) is 0.458. The van der Waals surface area contributed by atoms with Gasteiger partial charge in [-0.2, -0.15) is 0 Å². The summed E-state index contributed by atoms with van der Waals surface area (Å²) in [5.41, 5.74) is 2.89. The van der Waals surface area contributed by atoms with Gasteiger partial charge in [0.2, 0.25) is 5.91 Å². The fourth-order valence-corrected chi connectivity index (χ4v) is 3.84. The van der Waals surface area contributed by atoms with E-state index < -0.39 is 11.7 Å². The Morgan fingerprint density at radius 2 is 2.07 bits per heavy atom. The Labute approximate surface area is 168 Å². The lowest BCUT2D eigenvalue weighted by molar-refractivity contribution is -0.123. The second kappa shape index (κ2) is 8.23. The molecule has 7 heteroatoms. The minimum Gasteiger partial charge on any atom is -0.408 e. The number of aromatic amines is 1. The summed E-state index contributed by atoms with van der Waals surface area (Å²) in [6, 6.07) is 15.0. The molecule has 1 aliphatic rings. The number of aliphatic hydroxyl groups excluding tert-OH is 1. The second-order valence-electron chi connectivity index (χ2n) is 7.67. The first-order valence-electron chi connectivity index (χ1n) is 9.88. The Balaban J connectivity index is 1.52. The standard InChI is InChI=1S/C22H25N3O4/c1-14(16-7-8-20-18(11-16)24-22(28)29-20)21(27)23-19(15-5-3-2-4-6-15)13-25-10-9-17(26)12-25/h2-8,11,14,17,19,26H,9-10,12-13H2,1H3,(H,23,27)(H,24,28)/t14?,17?,19-/m1/s1. The van der Waals surface area contributed by atoms with E-state index in [9.17, 15) is 14.7 Å². The zero-order valence-electron chi connectivity index (χ0n) is 16.3. The highest BCUT2D eigenvalue weighted by atomic mass is 16.4. The molecule has 2 aromatic carbocycles. The number of amides is 1. The average Bonchev–Trinajstić information content (AvgIpc) is 3.30. The van der Waals surface area contributed by atoms with E-state index in [-0.39, 0.29) is 18.1 Å². The predicted octanol–water partition coefficient (Wildman–Crippen LogP) is 2.15. The lowest BCUT2D eigenvalue weighted by Gasteiger charge is -2.26. The van der Waals surface area contributed by atoms with Gasteiger partial charge in [-0.15, -0.1) is 0 Å². The van der Waals surface area contributed by atoms with Crippen LogP contribution in [0.2, 0.25) is 0 Å². The highest BCUT2D eigenvalue weighted by molar-refractivity contribution is 5.85. The number of rotatable bonds is 6. The number of aromatic nitrogens is 1. The van der Waals surface area contributed by atoms with Gasteiger partial charge in [0.15, 0.2) is 5.58 Å². The van der Waals surface area contributed by atoms with E-state index >= 15 is 0 Å². The van der Waals surface area contributed by atoms with E-state index in [0.717, 1.165) is 24.1 Å². The molecule has 2 heterocycles. The van der Waals surface area contributed by atoms with Gasteiger partial charge in [-0.1, -0.05) is 36.4 Å². The molecule has 1 aromatic heterocycles. The van der Waals surface area contributed by atoms with Gasteiger partial charge < -0.3 is 14.8 Å². The quantitative estimate of drug-likeness (QED) is 0.594. The van der Waals surface area contributed by atoms with E-state index in [0.29, 0.717) is 24.2 Å². The van der Waals surface area contributed by atoms with Crippen LogP contribution in [0.4, 0.5) is 0 Å². The first kappa shape index (κ1) is 19.4. The molecule has 7 nitrogen and oxygen atoms in total. The minimum atomic E-state index is -0.508. The third-order valence-electron chi connectivity index (χ3n) is 5.54. The Bertz CT molecular complexity index is 1040. The molecule has 1 amide bonds. The number of carbonyl (C=O) groups excluding carboxylic acids is 1. The number of oxazole rings is 1. The van der Waals surface area contributed by atoms with Crippen LogP contribution in [0.15, 0.2) is 57.7 Å². The number of fused-ring (bicyclic) bond motifs is 1. The first-order chi connectivity index (χ1) is 14.0. The maximum atomic E-state index is 13.0. The molecule has 4 rings (SSSR count). The number of likely N-dealkylation sites (tertiary alicyclic amines) is 1. The molecule has 29 heavy (non-hydrogen) atoms. The summed E-state index contributed by atoms with van der Waals surface area (Å²) >= 11 is 0. The van der Waals surface area contributed by atoms with E-state index in [2.05, 4.69) is 15.2 Å². The van der Waals surface area contributed by atoms with Crippen LogP contribution in [0, 0.1) is 0 Å². The Hall–Kier alpha value is -2.90. The molecule has 0 aliphatic carbocycles. The van der Waals surface area contributed by atoms with Crippen molar-refractivity contribution in [3.05, 3.63) is 70.2 Å². The molecule has 0 spiro atoms. The molecule has 152 valence electrons. The van der Waals surface area contributed by atoms with Gasteiger partial charge in [-0.3, -0.25) is 14.7 Å². The molecule has 0 bridgehead atoms. The number of benzene rings is 2. The normalized spacial score (nSPS) is 19.3. The van der Waals surface area contributed by atoms with Gasteiger partial charge in [0.1, 0.15) is 0 Å². The molecule has 0 radical (unpaired) electrons. The van der Waals surface area contributed by atoms with E-state index in [1.165, 1.54) is 0 Å². The Kier molecular flexibility index (Phi) is 5.51. The molecule has 3 aromatic rings. The van der Waals surface area contributed by atoms with Gasteiger partial charge in [0.25, 0.3) is 0 Å². The van der Waals surface area contributed by atoms with E-state index in [4.69, 9.17) is 4.42 Å². The van der Waals surface area contributed by atoms with Crippen molar-refractivity contribution in [3.8, 4) is 0 Å². The van der Waals surface area contributed by atoms with Gasteiger partial charge in [0.05, 0.1) is 23.6 Å². The van der Waals surface area contributed by atoms with Crippen molar-refractivity contribution in [2.24, 2.45) is 0 Å². The average molecular weight is 395 g/mol. The summed E-state index contributed by atoms with van der Waals surface area (Å²) in [4.78, 5) is 29.2. The van der Waals surface area contributed by atoms with Crippen molar-refractivity contribution in [3.63, 3.8) is 0 Å². The van der Waals surface area contributed by atoms with Crippen molar-refractivity contribution < 1.29 is 14.3 Å². The van der Waals surface area contributed by atoms with Crippen molar-refractivity contribution in [2.45, 2.75) is 31.4 Å². The number of carbonyl (C=O) groups is 1. The minimum absolute atomic E-state index is 0.0937. The zero-order chi connectivity index (χ0) is 20.4. The maximum Gasteiger partial charge on any atom is 0.417 e. The van der Waals surface area contributed by atoms with Crippen LogP contribution >= 0.6 is 0 Å². The highest BCUT2D eigenvalue weighted by Crippen LogP contribution is 2.23. The second-order valence-corrected chi connectivity index (χ2v) is 7.67. The number of aliphatic hydroxyl groups is 1. The number of hydrogen-bond donors (Lipinski definition) is 3. The van der Waals surface area contributed by atoms with Gasteiger partial charge in [-0.05, 0) is 36.6 Å².